The van der Waals surface area contributed by atoms with Crippen LogP contribution in [0.25, 0.3) is 0 Å². The topological polar surface area (TPSA) is 62.7 Å². The number of halogens is 2. The number of carbonyl (C=O) groups excluding carboxylic acids is 2. The Morgan fingerprint density at radius 1 is 1.04 bits per heavy atom. The molecule has 3 rings (SSSR count). The second kappa shape index (κ2) is 8.59. The molecule has 27 heavy (non-hydrogen) atoms. The molecule has 0 atom stereocenters. The van der Waals surface area contributed by atoms with Gasteiger partial charge in [0.05, 0.1) is 22.2 Å². The Labute approximate surface area is 167 Å². The van der Waals surface area contributed by atoms with Gasteiger partial charge in [-0.25, -0.2) is 9.78 Å². The summed E-state index contributed by atoms with van der Waals surface area (Å²) in [6, 6.07) is 8.39. The maximum atomic E-state index is 12.6. The first-order valence-corrected chi connectivity index (χ1v) is 9.37. The minimum absolute atomic E-state index is 0.0705. The largest absolute Gasteiger partial charge is 0.462 e. The minimum Gasteiger partial charge on any atom is -0.462 e. The average Bonchev–Trinajstić information content (AvgIpc) is 2.70. The Hall–Kier alpha value is -2.31. The summed E-state index contributed by atoms with van der Waals surface area (Å²) in [6.45, 7) is 4.53. The highest BCUT2D eigenvalue weighted by Crippen LogP contribution is 2.24. The molecule has 0 bridgehead atoms. The molecule has 2 heterocycles. The fourth-order valence-electron chi connectivity index (χ4n) is 2.86. The van der Waals surface area contributed by atoms with Gasteiger partial charge in [0.1, 0.15) is 5.82 Å². The summed E-state index contributed by atoms with van der Waals surface area (Å²) in [7, 11) is 0. The van der Waals surface area contributed by atoms with Crippen molar-refractivity contribution in [3.05, 3.63) is 57.7 Å². The Morgan fingerprint density at radius 2 is 1.74 bits per heavy atom. The summed E-state index contributed by atoms with van der Waals surface area (Å²) in [5.74, 6) is 0.317. The van der Waals surface area contributed by atoms with E-state index in [2.05, 4.69) is 9.88 Å². The van der Waals surface area contributed by atoms with Crippen molar-refractivity contribution in [1.82, 2.24) is 9.88 Å². The first kappa shape index (κ1) is 19.5. The number of rotatable bonds is 4. The lowest BCUT2D eigenvalue weighted by Gasteiger charge is -2.35. The summed E-state index contributed by atoms with van der Waals surface area (Å²) in [5.41, 5.74) is 0.948. The van der Waals surface area contributed by atoms with E-state index in [0.29, 0.717) is 54.0 Å². The van der Waals surface area contributed by atoms with Crippen molar-refractivity contribution in [2.75, 3.05) is 37.7 Å². The highest BCUT2D eigenvalue weighted by Gasteiger charge is 2.23. The minimum atomic E-state index is -0.381. The zero-order valence-corrected chi connectivity index (χ0v) is 16.3. The molecule has 1 aromatic heterocycles. The van der Waals surface area contributed by atoms with E-state index in [1.165, 1.54) is 6.20 Å². The molecule has 2 aromatic rings. The first-order valence-electron chi connectivity index (χ1n) is 8.62. The van der Waals surface area contributed by atoms with Crippen LogP contribution in [0.3, 0.4) is 0 Å². The number of esters is 1. The number of benzene rings is 1. The maximum Gasteiger partial charge on any atom is 0.339 e. The first-order chi connectivity index (χ1) is 13.0. The van der Waals surface area contributed by atoms with Crippen molar-refractivity contribution in [3.8, 4) is 0 Å². The molecule has 0 saturated carbocycles. The molecular weight excluding hydrogens is 389 g/mol. The van der Waals surface area contributed by atoms with E-state index in [9.17, 15) is 9.59 Å². The van der Waals surface area contributed by atoms with Crippen molar-refractivity contribution in [1.29, 1.82) is 0 Å². The molecule has 0 spiro atoms. The van der Waals surface area contributed by atoms with E-state index in [1.54, 1.807) is 42.2 Å². The zero-order chi connectivity index (χ0) is 19.4. The monoisotopic (exact) mass is 407 g/mol. The molecule has 1 aliphatic rings. The van der Waals surface area contributed by atoms with Crippen LogP contribution < -0.4 is 4.90 Å². The van der Waals surface area contributed by atoms with Crippen LogP contribution in [0.4, 0.5) is 5.82 Å². The van der Waals surface area contributed by atoms with Gasteiger partial charge in [-0.1, -0.05) is 23.2 Å². The van der Waals surface area contributed by atoms with Crippen molar-refractivity contribution >= 4 is 40.9 Å². The van der Waals surface area contributed by atoms with Crippen molar-refractivity contribution in [2.45, 2.75) is 6.92 Å². The van der Waals surface area contributed by atoms with Crippen LogP contribution in [0.5, 0.6) is 0 Å². The predicted octanol–water partition coefficient (Wildman–Crippen LogP) is 3.53. The van der Waals surface area contributed by atoms with E-state index in [0.717, 1.165) is 5.82 Å². The smallest absolute Gasteiger partial charge is 0.339 e. The maximum absolute atomic E-state index is 12.6. The highest BCUT2D eigenvalue weighted by molar-refractivity contribution is 6.42. The van der Waals surface area contributed by atoms with Gasteiger partial charge in [-0.3, -0.25) is 4.79 Å². The van der Waals surface area contributed by atoms with Gasteiger partial charge in [-0.05, 0) is 37.3 Å². The fraction of sp³-hybridized carbons (Fsp3) is 0.316. The summed E-state index contributed by atoms with van der Waals surface area (Å²) < 4.78 is 4.96. The van der Waals surface area contributed by atoms with Gasteiger partial charge < -0.3 is 14.5 Å². The predicted molar refractivity (Wildman–Crippen MR) is 105 cm³/mol. The number of carbonyl (C=O) groups is 2. The number of hydrogen-bond acceptors (Lipinski definition) is 5. The van der Waals surface area contributed by atoms with Crippen LogP contribution in [-0.2, 0) is 4.74 Å². The Morgan fingerprint density at radius 3 is 2.33 bits per heavy atom. The second-order valence-corrected chi connectivity index (χ2v) is 6.85. The number of pyridine rings is 1. The second-order valence-electron chi connectivity index (χ2n) is 6.03. The van der Waals surface area contributed by atoms with Crippen LogP contribution in [0.15, 0.2) is 36.5 Å². The van der Waals surface area contributed by atoms with E-state index < -0.39 is 0 Å². The van der Waals surface area contributed by atoms with Crippen molar-refractivity contribution < 1.29 is 14.3 Å². The molecule has 0 unspecified atom stereocenters. The molecular formula is C19H19Cl2N3O3. The zero-order valence-electron chi connectivity index (χ0n) is 14.8. The number of piperazine rings is 1. The van der Waals surface area contributed by atoms with Gasteiger partial charge in [0.15, 0.2) is 0 Å². The average molecular weight is 408 g/mol. The summed E-state index contributed by atoms with van der Waals surface area (Å²) >= 11 is 11.9. The van der Waals surface area contributed by atoms with Gasteiger partial charge in [-0.2, -0.15) is 0 Å². The molecule has 0 aliphatic carbocycles. The number of ether oxygens (including phenoxy) is 1. The number of anilines is 1. The Bertz CT molecular complexity index is 835. The van der Waals surface area contributed by atoms with Gasteiger partial charge in [0, 0.05) is 37.9 Å². The van der Waals surface area contributed by atoms with E-state index >= 15 is 0 Å². The molecule has 1 aliphatic heterocycles. The lowest BCUT2D eigenvalue weighted by atomic mass is 10.2. The van der Waals surface area contributed by atoms with Crippen LogP contribution in [-0.4, -0.2) is 54.5 Å². The lowest BCUT2D eigenvalue weighted by molar-refractivity contribution is 0.0525. The molecule has 1 fully saturated rings. The van der Waals surface area contributed by atoms with E-state index in [-0.39, 0.29) is 11.9 Å². The molecule has 142 valence electrons. The molecule has 1 amide bonds. The lowest BCUT2D eigenvalue weighted by Crippen LogP contribution is -2.49. The van der Waals surface area contributed by atoms with Crippen LogP contribution >= 0.6 is 23.2 Å². The van der Waals surface area contributed by atoms with Crippen LogP contribution in [0.2, 0.25) is 10.0 Å². The summed E-state index contributed by atoms with van der Waals surface area (Å²) in [5, 5.41) is 0.794. The summed E-state index contributed by atoms with van der Waals surface area (Å²) in [4.78, 5) is 32.5. The van der Waals surface area contributed by atoms with Crippen LogP contribution in [0, 0.1) is 0 Å². The standard InChI is InChI=1S/C19H19Cl2N3O3/c1-2-27-19(26)14-4-6-17(22-12-14)23-7-9-24(10-8-23)18(25)13-3-5-15(20)16(21)11-13/h3-6,11-12H,2,7-10H2,1H3. The third-order valence-corrected chi connectivity index (χ3v) is 5.06. The highest BCUT2D eigenvalue weighted by atomic mass is 35.5. The van der Waals surface area contributed by atoms with E-state index in [4.69, 9.17) is 27.9 Å². The summed E-state index contributed by atoms with van der Waals surface area (Å²) in [6.07, 6.45) is 1.51. The molecule has 6 nitrogen and oxygen atoms in total. The van der Waals surface area contributed by atoms with Crippen LogP contribution in [0.1, 0.15) is 27.6 Å². The Kier molecular flexibility index (Phi) is 6.19. The van der Waals surface area contributed by atoms with E-state index in [1.807, 2.05) is 0 Å². The van der Waals surface area contributed by atoms with Crippen molar-refractivity contribution in [3.63, 3.8) is 0 Å². The van der Waals surface area contributed by atoms with Gasteiger partial charge in [-0.15, -0.1) is 0 Å². The van der Waals surface area contributed by atoms with Gasteiger partial charge >= 0.3 is 5.97 Å². The van der Waals surface area contributed by atoms with Gasteiger partial charge in [0.25, 0.3) is 5.91 Å². The molecule has 0 N–H and O–H groups in total. The number of aromatic nitrogens is 1. The molecule has 0 radical (unpaired) electrons. The number of amides is 1. The SMILES string of the molecule is CCOC(=O)c1ccc(N2CCN(C(=O)c3ccc(Cl)c(Cl)c3)CC2)nc1. The fourth-order valence-corrected chi connectivity index (χ4v) is 3.16. The molecule has 1 saturated heterocycles. The van der Waals surface area contributed by atoms with Crippen molar-refractivity contribution in [2.24, 2.45) is 0 Å². The third-order valence-electron chi connectivity index (χ3n) is 4.32. The normalized spacial score (nSPS) is 14.2. The Balaban J connectivity index is 1.60. The quantitative estimate of drug-likeness (QED) is 0.725. The number of nitrogens with zero attached hydrogens (tertiary/aromatic N) is 3. The molecule has 1 aromatic carbocycles. The van der Waals surface area contributed by atoms with Gasteiger partial charge in [0.2, 0.25) is 0 Å². The molecule has 8 heteroatoms. The third kappa shape index (κ3) is 4.51. The number of hydrogen-bond donors (Lipinski definition) is 0.